The topological polar surface area (TPSA) is 29.3 Å². The molecule has 84 valence electrons. The van der Waals surface area contributed by atoms with E-state index in [9.17, 15) is 0 Å². The Balaban J connectivity index is 2.36. The summed E-state index contributed by atoms with van der Waals surface area (Å²) in [4.78, 5) is 2.27. The first-order valence-electron chi connectivity index (χ1n) is 5.72. The first-order chi connectivity index (χ1) is 7.83. The van der Waals surface area contributed by atoms with Crippen LogP contribution in [0.3, 0.4) is 0 Å². The van der Waals surface area contributed by atoms with E-state index in [4.69, 9.17) is 5.73 Å². The van der Waals surface area contributed by atoms with Crippen molar-refractivity contribution in [3.8, 4) is 0 Å². The van der Waals surface area contributed by atoms with Crippen LogP contribution in [-0.2, 0) is 0 Å². The summed E-state index contributed by atoms with van der Waals surface area (Å²) >= 11 is 0. The van der Waals surface area contributed by atoms with Crippen LogP contribution in [0, 0.1) is 0 Å². The van der Waals surface area contributed by atoms with E-state index in [1.54, 1.807) is 0 Å². The monoisotopic (exact) mass is 214 g/mol. The number of nitrogens with zero attached hydrogens (tertiary/aromatic N) is 1. The summed E-state index contributed by atoms with van der Waals surface area (Å²) in [5.41, 5.74) is 6.82. The predicted molar refractivity (Wildman–Crippen MR) is 70.9 cm³/mol. The second kappa shape index (κ2) is 4.99. The minimum atomic E-state index is 0.745. The molecule has 0 spiro atoms. The highest BCUT2D eigenvalue weighted by Gasteiger charge is 2.04. The summed E-state index contributed by atoms with van der Waals surface area (Å²) < 4.78 is 0. The minimum absolute atomic E-state index is 0.745. The van der Waals surface area contributed by atoms with Gasteiger partial charge in [0.15, 0.2) is 0 Å². The van der Waals surface area contributed by atoms with Crippen molar-refractivity contribution in [3.05, 3.63) is 42.5 Å². The lowest BCUT2D eigenvalue weighted by Gasteiger charge is -2.20. The van der Waals surface area contributed by atoms with E-state index in [-0.39, 0.29) is 0 Å². The molecule has 0 aliphatic rings. The smallest absolute Gasteiger partial charge is 0.0443 e. The third-order valence-corrected chi connectivity index (χ3v) is 2.88. The third-order valence-electron chi connectivity index (χ3n) is 2.88. The summed E-state index contributed by atoms with van der Waals surface area (Å²) in [6.45, 7) is 1.75. The van der Waals surface area contributed by atoms with Gasteiger partial charge in [0.05, 0.1) is 0 Å². The van der Waals surface area contributed by atoms with Crippen LogP contribution in [0.1, 0.15) is 6.42 Å². The summed E-state index contributed by atoms with van der Waals surface area (Å²) in [5, 5.41) is 2.60. The highest BCUT2D eigenvalue weighted by atomic mass is 15.1. The zero-order valence-corrected chi connectivity index (χ0v) is 9.69. The Morgan fingerprint density at radius 1 is 1.06 bits per heavy atom. The quantitative estimate of drug-likeness (QED) is 0.847. The maximum Gasteiger partial charge on any atom is 0.0443 e. The van der Waals surface area contributed by atoms with Gasteiger partial charge in [0, 0.05) is 24.7 Å². The average Bonchev–Trinajstić information content (AvgIpc) is 2.35. The first kappa shape index (κ1) is 11.0. The lowest BCUT2D eigenvalue weighted by molar-refractivity contribution is 0.797. The second-order valence-electron chi connectivity index (χ2n) is 4.06. The lowest BCUT2D eigenvalue weighted by Crippen LogP contribution is -2.21. The van der Waals surface area contributed by atoms with E-state index in [1.807, 2.05) is 0 Å². The molecular weight excluding hydrogens is 196 g/mol. The number of fused-ring (bicyclic) bond motifs is 1. The van der Waals surface area contributed by atoms with Crippen LogP contribution in [0.15, 0.2) is 42.5 Å². The average molecular weight is 214 g/mol. The Morgan fingerprint density at radius 3 is 2.62 bits per heavy atom. The van der Waals surface area contributed by atoms with Gasteiger partial charge in [-0.3, -0.25) is 0 Å². The standard InChI is InChI=1S/C14H18N2/c1-16(11-5-10-15)14-9-4-7-12-6-2-3-8-13(12)14/h2-4,6-9H,5,10-11,15H2,1H3. The minimum Gasteiger partial charge on any atom is -0.374 e. The Hall–Kier alpha value is -1.54. The van der Waals surface area contributed by atoms with Gasteiger partial charge in [0.25, 0.3) is 0 Å². The number of benzene rings is 2. The number of hydrogen-bond acceptors (Lipinski definition) is 2. The van der Waals surface area contributed by atoms with E-state index in [1.165, 1.54) is 16.5 Å². The van der Waals surface area contributed by atoms with Crippen molar-refractivity contribution < 1.29 is 0 Å². The highest BCUT2D eigenvalue weighted by Crippen LogP contribution is 2.25. The van der Waals surface area contributed by atoms with Gasteiger partial charge in [-0.1, -0.05) is 36.4 Å². The molecule has 0 radical (unpaired) electrons. The van der Waals surface area contributed by atoms with Gasteiger partial charge < -0.3 is 10.6 Å². The van der Waals surface area contributed by atoms with Crippen molar-refractivity contribution in [2.24, 2.45) is 5.73 Å². The van der Waals surface area contributed by atoms with E-state index in [0.29, 0.717) is 0 Å². The molecule has 0 saturated heterocycles. The van der Waals surface area contributed by atoms with Crippen LogP contribution in [0.25, 0.3) is 10.8 Å². The number of rotatable bonds is 4. The van der Waals surface area contributed by atoms with Crippen molar-refractivity contribution in [2.75, 3.05) is 25.0 Å². The van der Waals surface area contributed by atoms with Crippen LogP contribution >= 0.6 is 0 Å². The summed E-state index contributed by atoms with van der Waals surface area (Å²) in [6, 6.07) is 14.9. The summed E-state index contributed by atoms with van der Waals surface area (Å²) in [6.07, 6.45) is 1.03. The molecule has 0 amide bonds. The SMILES string of the molecule is CN(CCCN)c1cccc2ccccc12. The molecule has 0 fully saturated rings. The van der Waals surface area contributed by atoms with Gasteiger partial charge in [0.2, 0.25) is 0 Å². The van der Waals surface area contributed by atoms with Gasteiger partial charge in [-0.25, -0.2) is 0 Å². The normalized spacial score (nSPS) is 10.6. The fraction of sp³-hybridized carbons (Fsp3) is 0.286. The number of hydrogen-bond donors (Lipinski definition) is 1. The molecular formula is C14H18N2. The van der Waals surface area contributed by atoms with Crippen molar-refractivity contribution in [1.29, 1.82) is 0 Å². The van der Waals surface area contributed by atoms with Crippen molar-refractivity contribution in [1.82, 2.24) is 0 Å². The fourth-order valence-electron chi connectivity index (χ4n) is 1.99. The third kappa shape index (κ3) is 2.17. The molecule has 2 aromatic rings. The molecule has 16 heavy (non-hydrogen) atoms. The molecule has 0 aromatic heterocycles. The van der Waals surface area contributed by atoms with E-state index >= 15 is 0 Å². The largest absolute Gasteiger partial charge is 0.374 e. The Bertz CT molecular complexity index is 460. The zero-order valence-electron chi connectivity index (χ0n) is 9.69. The van der Waals surface area contributed by atoms with Gasteiger partial charge >= 0.3 is 0 Å². The van der Waals surface area contributed by atoms with Gasteiger partial charge in [-0.05, 0) is 24.4 Å². The Kier molecular flexibility index (Phi) is 3.42. The predicted octanol–water partition coefficient (Wildman–Crippen LogP) is 2.62. The van der Waals surface area contributed by atoms with Crippen LogP contribution in [0.2, 0.25) is 0 Å². The fourth-order valence-corrected chi connectivity index (χ4v) is 1.99. The van der Waals surface area contributed by atoms with Crippen LogP contribution in [0.4, 0.5) is 5.69 Å². The molecule has 0 aliphatic carbocycles. The lowest BCUT2D eigenvalue weighted by atomic mass is 10.1. The molecule has 2 N–H and O–H groups in total. The zero-order chi connectivity index (χ0) is 11.4. The molecule has 0 aliphatic heterocycles. The molecule has 0 saturated carbocycles. The van der Waals surface area contributed by atoms with Crippen LogP contribution in [-0.4, -0.2) is 20.1 Å². The number of nitrogens with two attached hydrogens (primary N) is 1. The van der Waals surface area contributed by atoms with Crippen LogP contribution < -0.4 is 10.6 Å². The van der Waals surface area contributed by atoms with E-state index < -0.39 is 0 Å². The van der Waals surface area contributed by atoms with Crippen molar-refractivity contribution in [2.45, 2.75) is 6.42 Å². The molecule has 0 bridgehead atoms. The molecule has 2 aromatic carbocycles. The molecule has 2 rings (SSSR count). The summed E-state index contributed by atoms with van der Waals surface area (Å²) in [5.74, 6) is 0. The molecule has 2 nitrogen and oxygen atoms in total. The van der Waals surface area contributed by atoms with Crippen molar-refractivity contribution >= 4 is 16.5 Å². The van der Waals surface area contributed by atoms with Crippen molar-refractivity contribution in [3.63, 3.8) is 0 Å². The maximum atomic E-state index is 5.54. The molecule has 0 atom stereocenters. The maximum absolute atomic E-state index is 5.54. The van der Waals surface area contributed by atoms with Gasteiger partial charge in [-0.15, -0.1) is 0 Å². The molecule has 0 unspecified atom stereocenters. The van der Waals surface area contributed by atoms with Gasteiger partial charge in [0.1, 0.15) is 0 Å². The van der Waals surface area contributed by atoms with Gasteiger partial charge in [-0.2, -0.15) is 0 Å². The Labute approximate surface area is 96.7 Å². The van der Waals surface area contributed by atoms with Crippen LogP contribution in [0.5, 0.6) is 0 Å². The second-order valence-corrected chi connectivity index (χ2v) is 4.06. The molecule has 2 heteroatoms. The highest BCUT2D eigenvalue weighted by molar-refractivity contribution is 5.94. The first-order valence-corrected chi connectivity index (χ1v) is 5.72. The molecule has 0 heterocycles. The summed E-state index contributed by atoms with van der Waals surface area (Å²) in [7, 11) is 2.12. The van der Waals surface area contributed by atoms with E-state index in [2.05, 4.69) is 54.4 Å². The number of anilines is 1. The van der Waals surface area contributed by atoms with E-state index in [0.717, 1.165) is 19.5 Å². The Morgan fingerprint density at radius 2 is 1.81 bits per heavy atom.